The molecule has 0 saturated heterocycles. The number of rotatable bonds is 7. The van der Waals surface area contributed by atoms with Crippen LogP contribution >= 0.6 is 0 Å². The fourth-order valence-corrected chi connectivity index (χ4v) is 2.06. The van der Waals surface area contributed by atoms with Gasteiger partial charge >= 0.3 is 0 Å². The standard InChI is InChI=1S/C14H18N4O2/c1-17-9-7-15-13(17)11(19)5-3-4-6-12(20)14-16-8-10-18(14)2/h7-10H,3-6H2,1-2H3. The van der Waals surface area contributed by atoms with Crippen LogP contribution in [0.5, 0.6) is 0 Å². The van der Waals surface area contributed by atoms with Crippen molar-refractivity contribution >= 4 is 11.6 Å². The number of hydrogen-bond acceptors (Lipinski definition) is 4. The van der Waals surface area contributed by atoms with E-state index in [1.807, 2.05) is 0 Å². The average Bonchev–Trinajstić information content (AvgIpc) is 3.02. The summed E-state index contributed by atoms with van der Waals surface area (Å²) in [5, 5.41) is 0. The van der Waals surface area contributed by atoms with Gasteiger partial charge in [-0.1, -0.05) is 0 Å². The summed E-state index contributed by atoms with van der Waals surface area (Å²) in [5.74, 6) is 0.977. The lowest BCUT2D eigenvalue weighted by molar-refractivity contribution is 0.0941. The second-order valence-electron chi connectivity index (χ2n) is 4.78. The van der Waals surface area contributed by atoms with E-state index in [4.69, 9.17) is 0 Å². The molecule has 0 fully saturated rings. The molecular weight excluding hydrogens is 256 g/mol. The number of unbranched alkanes of at least 4 members (excludes halogenated alkanes) is 1. The van der Waals surface area contributed by atoms with Crippen molar-refractivity contribution in [3.05, 3.63) is 36.4 Å². The van der Waals surface area contributed by atoms with E-state index < -0.39 is 0 Å². The lowest BCUT2D eigenvalue weighted by Gasteiger charge is -2.02. The minimum Gasteiger partial charge on any atom is -0.332 e. The summed E-state index contributed by atoms with van der Waals surface area (Å²) >= 11 is 0. The Bertz CT molecular complexity index is 558. The van der Waals surface area contributed by atoms with Crippen LogP contribution in [-0.4, -0.2) is 30.7 Å². The Morgan fingerprint density at radius 3 is 1.60 bits per heavy atom. The fraction of sp³-hybridized carbons (Fsp3) is 0.429. The third kappa shape index (κ3) is 3.20. The molecule has 0 radical (unpaired) electrons. The third-order valence-corrected chi connectivity index (χ3v) is 3.20. The zero-order chi connectivity index (χ0) is 14.5. The number of ketones is 2. The van der Waals surface area contributed by atoms with E-state index in [1.165, 1.54) is 0 Å². The Morgan fingerprint density at radius 2 is 1.30 bits per heavy atom. The number of hydrogen-bond donors (Lipinski definition) is 0. The molecule has 0 aromatic carbocycles. The van der Waals surface area contributed by atoms with Crippen LogP contribution < -0.4 is 0 Å². The van der Waals surface area contributed by atoms with Crippen LogP contribution in [0.4, 0.5) is 0 Å². The summed E-state index contributed by atoms with van der Waals surface area (Å²) in [7, 11) is 3.59. The van der Waals surface area contributed by atoms with Gasteiger partial charge in [0.05, 0.1) is 0 Å². The molecule has 0 spiro atoms. The van der Waals surface area contributed by atoms with E-state index in [2.05, 4.69) is 9.97 Å². The van der Waals surface area contributed by atoms with Crippen molar-refractivity contribution in [2.24, 2.45) is 14.1 Å². The molecule has 0 aliphatic rings. The SMILES string of the molecule is Cn1ccnc1C(=O)CCCCC(=O)c1nccn1C. The summed E-state index contributed by atoms with van der Waals surface area (Å²) in [6.07, 6.45) is 8.91. The molecule has 2 aromatic heterocycles. The van der Waals surface area contributed by atoms with Crippen LogP contribution in [0.2, 0.25) is 0 Å². The molecule has 2 heterocycles. The zero-order valence-corrected chi connectivity index (χ0v) is 11.7. The monoisotopic (exact) mass is 274 g/mol. The number of aryl methyl sites for hydroxylation is 2. The third-order valence-electron chi connectivity index (χ3n) is 3.20. The summed E-state index contributed by atoms with van der Waals surface area (Å²) in [5.41, 5.74) is 0. The van der Waals surface area contributed by atoms with Crippen LogP contribution in [0.1, 0.15) is 46.9 Å². The maximum Gasteiger partial charge on any atom is 0.198 e. The van der Waals surface area contributed by atoms with Crippen LogP contribution in [0, 0.1) is 0 Å². The van der Waals surface area contributed by atoms with Crippen molar-refractivity contribution in [1.29, 1.82) is 0 Å². The van der Waals surface area contributed by atoms with E-state index in [9.17, 15) is 9.59 Å². The summed E-state index contributed by atoms with van der Waals surface area (Å²) in [4.78, 5) is 31.8. The van der Waals surface area contributed by atoms with Gasteiger partial charge in [0, 0.05) is 51.7 Å². The predicted molar refractivity (Wildman–Crippen MR) is 73.5 cm³/mol. The molecule has 0 unspecified atom stereocenters. The van der Waals surface area contributed by atoms with Gasteiger partial charge in [-0.25, -0.2) is 9.97 Å². The van der Waals surface area contributed by atoms with Gasteiger partial charge in [-0.15, -0.1) is 0 Å². The molecule has 6 heteroatoms. The molecule has 2 rings (SSSR count). The van der Waals surface area contributed by atoms with E-state index in [0.29, 0.717) is 37.3 Å². The topological polar surface area (TPSA) is 69.8 Å². The van der Waals surface area contributed by atoms with Crippen molar-refractivity contribution in [1.82, 2.24) is 19.1 Å². The number of imidazole rings is 2. The highest BCUT2D eigenvalue weighted by molar-refractivity contribution is 5.93. The van der Waals surface area contributed by atoms with Gasteiger partial charge in [0.1, 0.15) is 0 Å². The molecule has 0 amide bonds. The smallest absolute Gasteiger partial charge is 0.198 e. The van der Waals surface area contributed by atoms with Crippen molar-refractivity contribution in [2.45, 2.75) is 25.7 Å². The maximum atomic E-state index is 11.9. The highest BCUT2D eigenvalue weighted by atomic mass is 16.1. The average molecular weight is 274 g/mol. The zero-order valence-electron chi connectivity index (χ0n) is 11.7. The first-order chi connectivity index (χ1) is 9.59. The van der Waals surface area contributed by atoms with Crippen LogP contribution in [0.15, 0.2) is 24.8 Å². The molecule has 0 aliphatic carbocycles. The Hall–Kier alpha value is -2.24. The number of carbonyl (C=O) groups is 2. The van der Waals surface area contributed by atoms with Crippen molar-refractivity contribution in [2.75, 3.05) is 0 Å². The van der Waals surface area contributed by atoms with Gasteiger partial charge in [0.25, 0.3) is 0 Å². The number of nitrogens with zero attached hydrogens (tertiary/aromatic N) is 4. The minimum atomic E-state index is 0.0157. The summed E-state index contributed by atoms with van der Waals surface area (Å²) < 4.78 is 3.42. The lowest BCUT2D eigenvalue weighted by atomic mass is 10.1. The highest BCUT2D eigenvalue weighted by Crippen LogP contribution is 2.09. The van der Waals surface area contributed by atoms with Gasteiger partial charge in [0.15, 0.2) is 23.2 Å². The minimum absolute atomic E-state index is 0.0157. The lowest BCUT2D eigenvalue weighted by Crippen LogP contribution is -2.09. The molecule has 0 saturated carbocycles. The molecule has 20 heavy (non-hydrogen) atoms. The van der Waals surface area contributed by atoms with E-state index in [1.54, 1.807) is 48.0 Å². The van der Waals surface area contributed by atoms with Crippen LogP contribution in [0.3, 0.4) is 0 Å². The summed E-state index contributed by atoms with van der Waals surface area (Å²) in [6.45, 7) is 0. The van der Waals surface area contributed by atoms with E-state index >= 15 is 0 Å². The highest BCUT2D eigenvalue weighted by Gasteiger charge is 2.13. The van der Waals surface area contributed by atoms with Gasteiger partial charge < -0.3 is 9.13 Å². The number of carbonyl (C=O) groups excluding carboxylic acids is 2. The Morgan fingerprint density at radius 1 is 0.900 bits per heavy atom. The fourth-order valence-electron chi connectivity index (χ4n) is 2.06. The summed E-state index contributed by atoms with van der Waals surface area (Å²) in [6, 6.07) is 0. The second-order valence-corrected chi connectivity index (χ2v) is 4.78. The Labute approximate surface area is 117 Å². The first-order valence-corrected chi connectivity index (χ1v) is 6.60. The van der Waals surface area contributed by atoms with Gasteiger partial charge in [0.2, 0.25) is 0 Å². The molecule has 0 atom stereocenters. The number of Topliss-reactive ketones (excluding diaryl/α,β-unsaturated/α-hetero) is 2. The molecule has 2 aromatic rings. The molecular formula is C14H18N4O2. The molecule has 0 N–H and O–H groups in total. The number of aromatic nitrogens is 4. The normalized spacial score (nSPS) is 10.7. The van der Waals surface area contributed by atoms with E-state index in [0.717, 1.165) is 0 Å². The van der Waals surface area contributed by atoms with Crippen molar-refractivity contribution < 1.29 is 9.59 Å². The van der Waals surface area contributed by atoms with Crippen LogP contribution in [-0.2, 0) is 14.1 Å². The van der Waals surface area contributed by atoms with E-state index in [-0.39, 0.29) is 11.6 Å². The second kappa shape index (κ2) is 6.27. The molecule has 6 nitrogen and oxygen atoms in total. The van der Waals surface area contributed by atoms with Crippen LogP contribution in [0.25, 0.3) is 0 Å². The van der Waals surface area contributed by atoms with Gasteiger partial charge in [-0.05, 0) is 12.8 Å². The first-order valence-electron chi connectivity index (χ1n) is 6.60. The van der Waals surface area contributed by atoms with Crippen molar-refractivity contribution in [3.63, 3.8) is 0 Å². The molecule has 0 bridgehead atoms. The maximum absolute atomic E-state index is 11.9. The van der Waals surface area contributed by atoms with Gasteiger partial charge in [-0.3, -0.25) is 9.59 Å². The molecule has 106 valence electrons. The largest absolute Gasteiger partial charge is 0.332 e. The first kappa shape index (κ1) is 14.2. The predicted octanol–water partition coefficient (Wildman–Crippen LogP) is 1.78. The Kier molecular flexibility index (Phi) is 4.45. The quantitative estimate of drug-likeness (QED) is 0.570. The van der Waals surface area contributed by atoms with Gasteiger partial charge in [-0.2, -0.15) is 0 Å². The Balaban J connectivity index is 1.75. The van der Waals surface area contributed by atoms with Crippen molar-refractivity contribution in [3.8, 4) is 0 Å². The molecule has 0 aliphatic heterocycles.